The molecule has 3 N–H and O–H groups in total. The molecule has 3 aromatic heterocycles. The number of hydrogen-bond donors (Lipinski definition) is 2. The number of carbonyl (C=O) groups is 1. The maximum atomic E-state index is 16.5. The number of phosphoric acid groups is 1. The number of fused-ring (bicyclic) bond motifs is 3. The molecule has 3 fully saturated rings. The number of nitrogen functional groups attached to an aromatic ring is 1. The highest BCUT2D eigenvalue weighted by Crippen LogP contribution is 2.65. The minimum absolute atomic E-state index is 0.00438. The Balaban J connectivity index is 0.953. The van der Waals surface area contributed by atoms with Crippen molar-refractivity contribution >= 4 is 49.0 Å². The number of nitrogens with one attached hydrogen (secondary N) is 1. The number of hydrogen-bond acceptors (Lipinski definition) is 19. The number of H-pyrrole nitrogens is 1. The molecule has 2 unspecified atom stereocenters. The van der Waals surface area contributed by atoms with E-state index >= 15 is 8.96 Å². The molecule has 8 rings (SSSR count). The van der Waals surface area contributed by atoms with Crippen LogP contribution in [0.2, 0.25) is 0 Å². The van der Waals surface area contributed by atoms with Gasteiger partial charge in [-0.05, 0) is 59.8 Å². The van der Waals surface area contributed by atoms with Crippen LogP contribution in [-0.4, -0.2) is 85.4 Å². The molecule has 0 bridgehead atoms. The van der Waals surface area contributed by atoms with Gasteiger partial charge < -0.3 is 38.6 Å². The molecule has 5 aromatic rings. The molecule has 6 heterocycles. The van der Waals surface area contributed by atoms with Gasteiger partial charge in [-0.2, -0.15) is 0 Å². The molecule has 0 aliphatic carbocycles. The van der Waals surface area contributed by atoms with Crippen LogP contribution >= 0.6 is 26.0 Å². The predicted molar refractivity (Wildman–Crippen MR) is 247 cm³/mol. The van der Waals surface area contributed by atoms with Crippen molar-refractivity contribution in [2.75, 3.05) is 25.6 Å². The summed E-state index contributed by atoms with van der Waals surface area (Å²) in [5.41, 5.74) is 5.57. The molecule has 3 aliphatic heterocycles. The summed E-state index contributed by atoms with van der Waals surface area (Å²) in [5.74, 6) is -0.521. The van der Waals surface area contributed by atoms with Crippen LogP contribution in [0.15, 0.2) is 83.0 Å². The molecule has 0 saturated carbocycles. The first-order valence-electron chi connectivity index (χ1n) is 22.7. The van der Waals surface area contributed by atoms with E-state index in [0.29, 0.717) is 23.5 Å². The van der Waals surface area contributed by atoms with Crippen LogP contribution in [0.4, 0.5) is 10.2 Å². The van der Waals surface area contributed by atoms with E-state index in [4.69, 9.17) is 42.8 Å². The third kappa shape index (κ3) is 12.4. The van der Waals surface area contributed by atoms with E-state index in [1.54, 1.807) is 55.5 Å². The number of aromatic amines is 1. The van der Waals surface area contributed by atoms with Gasteiger partial charge in [-0.15, -0.1) is 0 Å². The number of nitrogens with zero attached hydrogens (tertiary/aromatic N) is 5. The number of esters is 1. The highest BCUT2D eigenvalue weighted by Gasteiger charge is 2.53. The van der Waals surface area contributed by atoms with Gasteiger partial charge in [0.1, 0.15) is 54.0 Å². The molecule has 3 aliphatic rings. The number of imidazole rings is 1. The summed E-state index contributed by atoms with van der Waals surface area (Å²) in [6.07, 6.45) is 2.14. The van der Waals surface area contributed by atoms with Crippen LogP contribution in [0.1, 0.15) is 93.6 Å². The second-order valence-corrected chi connectivity index (χ2v) is 22.2. The number of ether oxygens (including phenoxy) is 4. The molecule has 0 amide bonds. The van der Waals surface area contributed by atoms with Crippen LogP contribution < -0.4 is 31.3 Å². The largest absolute Gasteiger partial charge is 0.756 e. The van der Waals surface area contributed by atoms with Crippen LogP contribution in [0.25, 0.3) is 11.2 Å². The van der Waals surface area contributed by atoms with Crippen LogP contribution in [0, 0.1) is 5.92 Å². The molecule has 10 atom stereocenters. The average molecular weight is 1020 g/mol. The van der Waals surface area contributed by atoms with E-state index in [1.807, 2.05) is 0 Å². The maximum Gasteiger partial charge on any atom is 0.389 e. The monoisotopic (exact) mass is 1020 g/mol. The molecule has 0 radical (unpaired) electrons. The SMILES string of the molecule is CCCCCCCCCCOc1ccc(C(=O)Oc2ccc(CSP3(=O)OC[C@H]4O[C@@H](n5cnc6c(N)ncnc65)[C@H](F)[C@@H]4OP(=O)([O-])OC[C@H]4O[C@@H](n5ccc(=O)[nH]c5=O)[C@H](C)[C@@H]4O3)cc2)cc1. The first kappa shape index (κ1) is 50.6. The van der Waals surface area contributed by atoms with Gasteiger partial charge in [0.2, 0.25) is 0 Å². The van der Waals surface area contributed by atoms with E-state index < -0.39 is 94.0 Å². The number of phosphoric ester groups is 1. The molecule has 25 heteroatoms. The topological polar surface area (TPSA) is 273 Å². The van der Waals surface area contributed by atoms with E-state index in [9.17, 15) is 23.8 Å². The summed E-state index contributed by atoms with van der Waals surface area (Å²) >= 11 is 0.750. The van der Waals surface area contributed by atoms with Gasteiger partial charge in [0.05, 0.1) is 31.7 Å². The molecular formula is C44H53FN7O14P2S-. The standard InChI is InChI=1S/C44H54FN7O14P2S/c1-3-4-5-6-7-8-9-10-21-59-30-17-13-29(14-18-30)43(54)62-31-15-11-28(12-16-31)24-69-68(58)61-23-33-38(35(45)42(64-33)52-26-49-36-39(46)47-25-48-40(36)52)65-67(56,57)60-22-32-37(66-68)27(2)41(63-32)51-20-19-34(53)50-44(51)55/h11-20,25-27,32-33,35,37-38,41-42H,3-10,21-24H2,1-2H3,(H,56,57)(H2,46,47,48)(H,50,53,55)/p-1/t27-,32-,33-,35-,37+,38-,41-,42-,68?/m1/s1. The third-order valence-corrected chi connectivity index (χ3v) is 16.5. The van der Waals surface area contributed by atoms with Gasteiger partial charge in [0.15, 0.2) is 23.9 Å². The molecule has 69 heavy (non-hydrogen) atoms. The van der Waals surface area contributed by atoms with Crippen molar-refractivity contribution in [1.82, 2.24) is 29.1 Å². The maximum absolute atomic E-state index is 16.5. The Morgan fingerprint density at radius 2 is 1.55 bits per heavy atom. The van der Waals surface area contributed by atoms with Crippen molar-refractivity contribution in [2.24, 2.45) is 5.92 Å². The first-order chi connectivity index (χ1) is 33.2. The molecular weight excluding hydrogens is 964 g/mol. The Bertz CT molecular complexity index is 2770. The lowest BCUT2D eigenvalue weighted by Gasteiger charge is -2.33. The van der Waals surface area contributed by atoms with Crippen LogP contribution in [-0.2, 0) is 42.5 Å². The number of halogens is 1. The number of aromatic nitrogens is 6. The summed E-state index contributed by atoms with van der Waals surface area (Å²) < 4.78 is 93.5. The van der Waals surface area contributed by atoms with Crippen LogP contribution in [0.5, 0.6) is 11.5 Å². The number of rotatable bonds is 17. The van der Waals surface area contributed by atoms with Crippen molar-refractivity contribution in [3.63, 3.8) is 0 Å². The summed E-state index contributed by atoms with van der Waals surface area (Å²) in [7, 11) is -5.37. The summed E-state index contributed by atoms with van der Waals surface area (Å²) in [4.78, 5) is 65.4. The second kappa shape index (κ2) is 22.5. The first-order valence-corrected chi connectivity index (χ1v) is 27.2. The van der Waals surface area contributed by atoms with Crippen molar-refractivity contribution in [3.8, 4) is 11.5 Å². The number of unbranched alkanes of at least 4 members (excludes halogenated alkanes) is 7. The quantitative estimate of drug-likeness (QED) is 0.0420. The smallest absolute Gasteiger partial charge is 0.389 e. The predicted octanol–water partition coefficient (Wildman–Crippen LogP) is 6.79. The lowest BCUT2D eigenvalue weighted by molar-refractivity contribution is -0.235. The Labute approximate surface area is 399 Å². The number of carbonyl (C=O) groups excluding carboxylic acids is 1. The second-order valence-electron chi connectivity index (χ2n) is 16.8. The van der Waals surface area contributed by atoms with Gasteiger partial charge in [-0.25, -0.2) is 33.5 Å². The molecule has 2 aromatic carbocycles. The molecule has 21 nitrogen and oxygen atoms in total. The van der Waals surface area contributed by atoms with Crippen molar-refractivity contribution in [2.45, 2.75) is 114 Å². The molecule has 3 saturated heterocycles. The van der Waals surface area contributed by atoms with Gasteiger partial charge in [0.25, 0.3) is 13.4 Å². The zero-order valence-electron chi connectivity index (χ0n) is 37.7. The summed E-state index contributed by atoms with van der Waals surface area (Å²) in [6.45, 7) is -1.52. The Morgan fingerprint density at radius 1 is 0.870 bits per heavy atom. The minimum atomic E-state index is -5.37. The fourth-order valence-electron chi connectivity index (χ4n) is 8.20. The summed E-state index contributed by atoms with van der Waals surface area (Å²) in [5, 5.41) is 0. The van der Waals surface area contributed by atoms with E-state index in [2.05, 4.69) is 26.9 Å². The van der Waals surface area contributed by atoms with E-state index in [0.717, 1.165) is 41.2 Å². The number of nitrogens with two attached hydrogens (primary N) is 1. The third-order valence-electron chi connectivity index (χ3n) is 11.9. The Hall–Kier alpha value is -4.80. The van der Waals surface area contributed by atoms with Gasteiger partial charge in [-0.1, -0.05) is 70.9 Å². The highest BCUT2D eigenvalue weighted by atomic mass is 32.7. The number of alkyl halides is 1. The average Bonchev–Trinajstić information content (AvgIpc) is 3.99. The fourth-order valence-corrected chi connectivity index (χ4v) is 12.6. The molecule has 0 spiro atoms. The van der Waals surface area contributed by atoms with E-state index in [-0.39, 0.29) is 28.5 Å². The van der Waals surface area contributed by atoms with Gasteiger partial charge >= 0.3 is 18.5 Å². The number of anilines is 1. The number of benzene rings is 2. The lowest BCUT2D eigenvalue weighted by atomic mass is 10.0. The highest BCUT2D eigenvalue weighted by molar-refractivity contribution is 8.54. The minimum Gasteiger partial charge on any atom is -0.756 e. The lowest BCUT2D eigenvalue weighted by Crippen LogP contribution is -2.37. The van der Waals surface area contributed by atoms with Crippen molar-refractivity contribution in [3.05, 3.63) is 105 Å². The van der Waals surface area contributed by atoms with Crippen molar-refractivity contribution < 1.29 is 60.3 Å². The molecule has 372 valence electrons. The zero-order chi connectivity index (χ0) is 48.7. The summed E-state index contributed by atoms with van der Waals surface area (Å²) in [6, 6.07) is 14.2. The van der Waals surface area contributed by atoms with Crippen LogP contribution in [0.3, 0.4) is 0 Å². The Kier molecular flexibility index (Phi) is 16.5. The van der Waals surface area contributed by atoms with Crippen molar-refractivity contribution in [1.29, 1.82) is 0 Å². The van der Waals surface area contributed by atoms with Gasteiger partial charge in [-0.3, -0.25) is 32.5 Å². The van der Waals surface area contributed by atoms with E-state index in [1.165, 1.54) is 55.6 Å². The normalized spacial score (nSPS) is 28.3. The van der Waals surface area contributed by atoms with Gasteiger partial charge in [0, 0.05) is 23.9 Å². The Morgan fingerprint density at radius 3 is 2.29 bits per heavy atom. The zero-order valence-corrected chi connectivity index (χ0v) is 40.3. The fraction of sp³-hybridized carbons (Fsp3) is 0.500.